The second kappa shape index (κ2) is 7.88. The van der Waals surface area contributed by atoms with E-state index in [1.165, 1.54) is 36.4 Å². The van der Waals surface area contributed by atoms with E-state index in [4.69, 9.17) is 15.8 Å². The molecule has 25 heavy (non-hydrogen) atoms. The minimum atomic E-state index is -0.466. The van der Waals surface area contributed by atoms with Crippen molar-refractivity contribution in [2.45, 2.75) is 0 Å². The standard InChI is InChI=1S/C18H8BrFN4O/c19-13-3-6-16(24-17(10-23)12(8-21)9-22)15(7-13)18(25)11-1-4-14(20)5-2-11/h1-7,24H. The molecule has 0 aliphatic heterocycles. The van der Waals surface area contributed by atoms with E-state index >= 15 is 0 Å². The highest BCUT2D eigenvalue weighted by Gasteiger charge is 2.16. The van der Waals surface area contributed by atoms with Gasteiger partial charge in [0.2, 0.25) is 0 Å². The molecule has 1 N–H and O–H groups in total. The van der Waals surface area contributed by atoms with E-state index in [-0.39, 0.29) is 22.5 Å². The van der Waals surface area contributed by atoms with Crippen molar-refractivity contribution in [2.75, 3.05) is 5.32 Å². The first kappa shape index (κ1) is 17.9. The number of ketones is 1. The van der Waals surface area contributed by atoms with Gasteiger partial charge in [0.25, 0.3) is 0 Å². The molecule has 7 heteroatoms. The molecule has 0 unspecified atom stereocenters. The monoisotopic (exact) mass is 394 g/mol. The van der Waals surface area contributed by atoms with Crippen molar-refractivity contribution in [3.63, 3.8) is 0 Å². The van der Waals surface area contributed by atoms with Crippen LogP contribution in [0.25, 0.3) is 0 Å². The number of benzene rings is 2. The number of carbonyl (C=O) groups excluding carboxylic acids is 1. The Kier molecular flexibility index (Phi) is 5.63. The zero-order valence-electron chi connectivity index (χ0n) is 12.5. The number of hydrogen-bond acceptors (Lipinski definition) is 5. The van der Waals surface area contributed by atoms with Crippen molar-refractivity contribution in [1.82, 2.24) is 0 Å². The fourth-order valence-electron chi connectivity index (χ4n) is 1.99. The van der Waals surface area contributed by atoms with E-state index in [0.29, 0.717) is 4.47 Å². The third-order valence-corrected chi connectivity index (χ3v) is 3.67. The zero-order valence-corrected chi connectivity index (χ0v) is 14.1. The third-order valence-electron chi connectivity index (χ3n) is 3.18. The van der Waals surface area contributed by atoms with Crippen LogP contribution in [-0.4, -0.2) is 5.78 Å². The van der Waals surface area contributed by atoms with E-state index < -0.39 is 17.2 Å². The highest BCUT2D eigenvalue weighted by Crippen LogP contribution is 2.25. The van der Waals surface area contributed by atoms with Gasteiger partial charge in [-0.1, -0.05) is 15.9 Å². The van der Waals surface area contributed by atoms with Crippen molar-refractivity contribution >= 4 is 27.4 Å². The molecule has 0 aromatic heterocycles. The molecular formula is C18H8BrFN4O. The molecule has 0 atom stereocenters. The molecule has 0 saturated heterocycles. The Balaban J connectivity index is 2.52. The normalized spacial score (nSPS) is 9.24. The molecular weight excluding hydrogens is 387 g/mol. The van der Waals surface area contributed by atoms with Crippen molar-refractivity contribution in [2.24, 2.45) is 0 Å². The SMILES string of the molecule is N#CC(C#N)=C(C#N)Nc1ccc(Br)cc1C(=O)c1ccc(F)cc1. The topological polar surface area (TPSA) is 100 Å². The molecule has 0 bridgehead atoms. The molecule has 0 fully saturated rings. The summed E-state index contributed by atoms with van der Waals surface area (Å²) in [4.78, 5) is 12.7. The van der Waals surface area contributed by atoms with Crippen LogP contribution >= 0.6 is 15.9 Å². The maximum absolute atomic E-state index is 13.0. The first-order valence-electron chi connectivity index (χ1n) is 6.81. The maximum Gasteiger partial charge on any atom is 0.195 e. The lowest BCUT2D eigenvalue weighted by molar-refractivity contribution is 0.103. The molecule has 0 saturated carbocycles. The number of nitrogens with one attached hydrogen (secondary N) is 1. The van der Waals surface area contributed by atoms with Gasteiger partial charge in [-0.3, -0.25) is 4.79 Å². The van der Waals surface area contributed by atoms with Gasteiger partial charge in [-0.05, 0) is 42.5 Å². The Morgan fingerprint density at radius 2 is 1.64 bits per heavy atom. The molecule has 120 valence electrons. The van der Waals surface area contributed by atoms with Crippen molar-refractivity contribution in [3.05, 3.63) is 75.2 Å². The number of hydrogen-bond donors (Lipinski definition) is 1. The van der Waals surface area contributed by atoms with E-state index in [0.717, 1.165) is 0 Å². The van der Waals surface area contributed by atoms with Crippen molar-refractivity contribution < 1.29 is 9.18 Å². The fraction of sp³-hybridized carbons (Fsp3) is 0. The summed E-state index contributed by atoms with van der Waals surface area (Å²) in [5, 5.41) is 29.6. The number of anilines is 1. The van der Waals surface area contributed by atoms with Crippen LogP contribution in [0.2, 0.25) is 0 Å². The summed E-state index contributed by atoms with van der Waals surface area (Å²) in [7, 11) is 0. The van der Waals surface area contributed by atoms with Gasteiger partial charge < -0.3 is 5.32 Å². The number of carbonyl (C=O) groups is 1. The number of nitrogens with zero attached hydrogens (tertiary/aromatic N) is 3. The number of allylic oxidation sites excluding steroid dienone is 2. The Bertz CT molecular complexity index is 976. The summed E-state index contributed by atoms with van der Waals surface area (Å²) < 4.78 is 13.7. The lowest BCUT2D eigenvalue weighted by atomic mass is 10.0. The van der Waals surface area contributed by atoms with Crippen LogP contribution < -0.4 is 5.32 Å². The van der Waals surface area contributed by atoms with E-state index in [1.807, 2.05) is 0 Å². The van der Waals surface area contributed by atoms with Crippen LogP contribution in [0.5, 0.6) is 0 Å². The average molecular weight is 395 g/mol. The minimum Gasteiger partial charge on any atom is -0.345 e. The Morgan fingerprint density at radius 1 is 1.00 bits per heavy atom. The summed E-state index contributed by atoms with van der Waals surface area (Å²) in [5.41, 5.74) is 0.0398. The quantitative estimate of drug-likeness (QED) is 0.622. The number of rotatable bonds is 4. The molecule has 0 spiro atoms. The molecule has 0 heterocycles. The maximum atomic E-state index is 13.0. The van der Waals surface area contributed by atoms with E-state index in [2.05, 4.69) is 21.2 Å². The number of nitriles is 3. The summed E-state index contributed by atoms with van der Waals surface area (Å²) in [6.45, 7) is 0. The lowest BCUT2D eigenvalue weighted by Crippen LogP contribution is -2.09. The Hall–Kier alpha value is -3.47. The number of halogens is 2. The van der Waals surface area contributed by atoms with Gasteiger partial charge in [0.15, 0.2) is 11.4 Å². The predicted molar refractivity (Wildman–Crippen MR) is 91.5 cm³/mol. The second-order valence-corrected chi connectivity index (χ2v) is 5.65. The van der Waals surface area contributed by atoms with Gasteiger partial charge in [0.1, 0.15) is 29.7 Å². The van der Waals surface area contributed by atoms with Gasteiger partial charge >= 0.3 is 0 Å². The van der Waals surface area contributed by atoms with E-state index in [1.54, 1.807) is 24.3 Å². The highest BCUT2D eigenvalue weighted by molar-refractivity contribution is 9.10. The summed E-state index contributed by atoms with van der Waals surface area (Å²) in [6.07, 6.45) is 0. The zero-order chi connectivity index (χ0) is 18.4. The molecule has 0 aliphatic carbocycles. The molecule has 5 nitrogen and oxygen atoms in total. The first-order valence-corrected chi connectivity index (χ1v) is 7.61. The summed E-state index contributed by atoms with van der Waals surface area (Å²) in [5.74, 6) is -0.872. The average Bonchev–Trinajstić information content (AvgIpc) is 2.63. The Labute approximate surface area is 151 Å². The molecule has 0 radical (unpaired) electrons. The molecule has 0 amide bonds. The van der Waals surface area contributed by atoms with Gasteiger partial charge in [-0.2, -0.15) is 15.8 Å². The van der Waals surface area contributed by atoms with E-state index in [9.17, 15) is 9.18 Å². The van der Waals surface area contributed by atoms with Crippen LogP contribution in [0.1, 0.15) is 15.9 Å². The molecule has 0 aliphatic rings. The van der Waals surface area contributed by atoms with Crippen molar-refractivity contribution in [1.29, 1.82) is 15.8 Å². The summed E-state index contributed by atoms with van der Waals surface area (Å²) in [6, 6.07) is 14.7. The highest BCUT2D eigenvalue weighted by atomic mass is 79.9. The fourth-order valence-corrected chi connectivity index (χ4v) is 2.35. The molecule has 2 rings (SSSR count). The van der Waals surface area contributed by atoms with Crippen LogP contribution in [0, 0.1) is 39.8 Å². The van der Waals surface area contributed by atoms with Crippen molar-refractivity contribution in [3.8, 4) is 18.2 Å². The lowest BCUT2D eigenvalue weighted by Gasteiger charge is -2.11. The van der Waals surface area contributed by atoms with Crippen LogP contribution in [-0.2, 0) is 0 Å². The van der Waals surface area contributed by atoms with Gasteiger partial charge in [-0.15, -0.1) is 0 Å². The van der Waals surface area contributed by atoms with Crippen LogP contribution in [0.3, 0.4) is 0 Å². The first-order chi connectivity index (χ1) is 12.0. The van der Waals surface area contributed by atoms with Gasteiger partial charge in [0.05, 0.1) is 5.69 Å². The van der Waals surface area contributed by atoms with Gasteiger partial charge in [-0.25, -0.2) is 4.39 Å². The van der Waals surface area contributed by atoms with Gasteiger partial charge in [0, 0.05) is 15.6 Å². The minimum absolute atomic E-state index is 0.198. The molecule has 2 aromatic rings. The smallest absolute Gasteiger partial charge is 0.195 e. The predicted octanol–water partition coefficient (Wildman–Crippen LogP) is 4.06. The Morgan fingerprint density at radius 3 is 2.20 bits per heavy atom. The summed E-state index contributed by atoms with van der Waals surface area (Å²) >= 11 is 3.27. The molecule has 2 aromatic carbocycles. The third kappa shape index (κ3) is 4.09. The largest absolute Gasteiger partial charge is 0.345 e. The van der Waals surface area contributed by atoms with Crippen LogP contribution in [0.15, 0.2) is 58.2 Å². The second-order valence-electron chi connectivity index (χ2n) is 4.74. The van der Waals surface area contributed by atoms with Crippen LogP contribution in [0.4, 0.5) is 10.1 Å².